The lowest BCUT2D eigenvalue weighted by atomic mass is 9.99. The summed E-state index contributed by atoms with van der Waals surface area (Å²) < 4.78 is 6.09. The first-order valence-corrected chi connectivity index (χ1v) is 11.7. The Hall–Kier alpha value is -1.40. The second-order valence-corrected chi connectivity index (χ2v) is 9.84. The van der Waals surface area contributed by atoms with Crippen molar-refractivity contribution in [2.24, 2.45) is 0 Å². The van der Waals surface area contributed by atoms with Crippen LogP contribution in [0, 0.1) is 0 Å². The number of rotatable bonds is 6. The van der Waals surface area contributed by atoms with Crippen molar-refractivity contribution < 1.29 is 0 Å². The highest BCUT2D eigenvalue weighted by Gasteiger charge is 2.19. The molecule has 148 valence electrons. The minimum Gasteiger partial charge on any atom is -0.306 e. The Morgan fingerprint density at radius 3 is 2.46 bits per heavy atom. The van der Waals surface area contributed by atoms with Gasteiger partial charge in [0.2, 0.25) is 0 Å². The lowest BCUT2D eigenvalue weighted by molar-refractivity contribution is 0.250. The van der Waals surface area contributed by atoms with E-state index in [0.717, 1.165) is 0 Å². The number of fused-ring (bicyclic) bond motifs is 1. The van der Waals surface area contributed by atoms with Crippen molar-refractivity contribution in [1.29, 1.82) is 0 Å². The molecule has 3 nitrogen and oxygen atoms in total. The van der Waals surface area contributed by atoms with Crippen molar-refractivity contribution in [2.45, 2.75) is 48.4 Å². The molecule has 0 atom stereocenters. The predicted molar refractivity (Wildman–Crippen MR) is 123 cm³/mol. The first-order chi connectivity index (χ1) is 13.6. The van der Waals surface area contributed by atoms with Crippen molar-refractivity contribution in [3.05, 3.63) is 60.3 Å². The topological polar surface area (TPSA) is 20.2 Å². The number of hydrogen-bond acceptors (Lipinski definition) is 4. The highest BCUT2D eigenvalue weighted by molar-refractivity contribution is 7.98. The summed E-state index contributed by atoms with van der Waals surface area (Å²) in [6, 6.07) is 17.9. The van der Waals surface area contributed by atoms with E-state index in [1.54, 1.807) is 11.9 Å². The van der Waals surface area contributed by atoms with Gasteiger partial charge in [-0.2, -0.15) is 0 Å². The maximum absolute atomic E-state index is 3.76. The second-order valence-electron chi connectivity index (χ2n) is 7.92. The summed E-state index contributed by atoms with van der Waals surface area (Å²) in [7, 11) is 2.21. The van der Waals surface area contributed by atoms with E-state index >= 15 is 0 Å². The van der Waals surface area contributed by atoms with Crippen LogP contribution in [0.3, 0.4) is 0 Å². The summed E-state index contributed by atoms with van der Waals surface area (Å²) in [6.07, 6.45) is 4.75. The smallest absolute Gasteiger partial charge is 0.0609 e. The largest absolute Gasteiger partial charge is 0.306 e. The van der Waals surface area contributed by atoms with Gasteiger partial charge in [-0.3, -0.25) is 8.69 Å². The van der Waals surface area contributed by atoms with Crippen LogP contribution in [0.25, 0.3) is 10.9 Å². The summed E-state index contributed by atoms with van der Waals surface area (Å²) in [5.74, 6) is 0.504. The van der Waals surface area contributed by atoms with E-state index in [0.29, 0.717) is 12.0 Å². The van der Waals surface area contributed by atoms with Gasteiger partial charge < -0.3 is 4.90 Å². The molecule has 0 radical (unpaired) electrons. The average molecular weight is 412 g/mol. The molecule has 1 aromatic heterocycles. The molecule has 4 rings (SSSR count). The summed E-state index contributed by atoms with van der Waals surface area (Å²) in [5.41, 5.74) is 2.73. The third kappa shape index (κ3) is 4.43. The Morgan fingerprint density at radius 1 is 1.00 bits per heavy atom. The van der Waals surface area contributed by atoms with Crippen molar-refractivity contribution >= 4 is 34.8 Å². The fraction of sp³-hybridized carbons (Fsp3) is 0.391. The van der Waals surface area contributed by atoms with E-state index in [9.17, 15) is 0 Å². The fourth-order valence-corrected chi connectivity index (χ4v) is 5.75. The highest BCUT2D eigenvalue weighted by atomic mass is 32.2. The molecular formula is C23H29N3S2. The molecule has 0 spiro atoms. The SMILES string of the molecule is CC(C)c1cccc2c1c(SNC1CCN(C)CC1)cn2Sc1ccccc1. The Bertz CT molecular complexity index is 912. The van der Waals surface area contributed by atoms with E-state index < -0.39 is 0 Å². The summed E-state index contributed by atoms with van der Waals surface area (Å²) >= 11 is 3.61. The van der Waals surface area contributed by atoms with Crippen molar-refractivity contribution in [3.8, 4) is 0 Å². The van der Waals surface area contributed by atoms with Gasteiger partial charge in [0.15, 0.2) is 0 Å². The molecule has 0 bridgehead atoms. The molecule has 3 aromatic rings. The molecule has 1 saturated heterocycles. The van der Waals surface area contributed by atoms with E-state index in [1.807, 2.05) is 11.9 Å². The van der Waals surface area contributed by atoms with Crippen LogP contribution in [0.2, 0.25) is 0 Å². The van der Waals surface area contributed by atoms with Gasteiger partial charge >= 0.3 is 0 Å². The molecule has 28 heavy (non-hydrogen) atoms. The minimum absolute atomic E-state index is 0.504. The number of hydrogen-bond donors (Lipinski definition) is 1. The van der Waals surface area contributed by atoms with Gasteiger partial charge in [-0.15, -0.1) is 0 Å². The first kappa shape index (κ1) is 19.9. The van der Waals surface area contributed by atoms with Crippen molar-refractivity contribution in [2.75, 3.05) is 20.1 Å². The number of nitrogens with one attached hydrogen (secondary N) is 1. The second kappa shape index (κ2) is 8.95. The van der Waals surface area contributed by atoms with Crippen LogP contribution in [0.5, 0.6) is 0 Å². The third-order valence-electron chi connectivity index (χ3n) is 5.42. The molecule has 0 saturated carbocycles. The van der Waals surface area contributed by atoms with Gasteiger partial charge in [-0.05, 0) is 86.6 Å². The average Bonchev–Trinajstić information content (AvgIpc) is 3.06. The van der Waals surface area contributed by atoms with Crippen LogP contribution in [-0.4, -0.2) is 35.1 Å². The van der Waals surface area contributed by atoms with Gasteiger partial charge in [0.25, 0.3) is 0 Å². The molecule has 1 aliphatic rings. The molecule has 0 amide bonds. The number of benzene rings is 2. The normalized spacial score (nSPS) is 16.3. The molecular weight excluding hydrogens is 382 g/mol. The van der Waals surface area contributed by atoms with Gasteiger partial charge in [-0.25, -0.2) is 0 Å². The molecule has 1 N–H and O–H groups in total. The molecule has 1 aliphatic heterocycles. The van der Waals surface area contributed by atoms with Crippen LogP contribution < -0.4 is 4.72 Å². The third-order valence-corrected chi connectivity index (χ3v) is 7.38. The monoisotopic (exact) mass is 411 g/mol. The number of aromatic nitrogens is 1. The first-order valence-electron chi connectivity index (χ1n) is 10.1. The molecule has 0 aliphatic carbocycles. The quantitative estimate of drug-likeness (QED) is 0.501. The Kier molecular flexibility index (Phi) is 6.36. The zero-order chi connectivity index (χ0) is 19.5. The lowest BCUT2D eigenvalue weighted by Crippen LogP contribution is -2.38. The van der Waals surface area contributed by atoms with E-state index in [2.05, 4.69) is 89.2 Å². The summed E-state index contributed by atoms with van der Waals surface area (Å²) in [5, 5.41) is 1.39. The number of piperidine rings is 1. The van der Waals surface area contributed by atoms with Gasteiger partial charge in [0, 0.05) is 27.4 Å². The zero-order valence-corrected chi connectivity index (χ0v) is 18.5. The van der Waals surface area contributed by atoms with E-state index in [1.165, 1.54) is 52.2 Å². The van der Waals surface area contributed by atoms with Crippen molar-refractivity contribution in [3.63, 3.8) is 0 Å². The fourth-order valence-electron chi connectivity index (χ4n) is 3.75. The number of nitrogens with zero attached hydrogens (tertiary/aromatic N) is 2. The Labute approximate surface area is 177 Å². The standard InChI is InChI=1S/C23H29N3S2/c1-17(2)20-10-7-11-21-23(20)22(27-24-18-12-14-25(3)15-13-18)16-26(21)28-19-8-5-4-6-9-19/h4-11,16-18,24H,12-15H2,1-3H3. The van der Waals surface area contributed by atoms with E-state index in [-0.39, 0.29) is 0 Å². The zero-order valence-electron chi connectivity index (χ0n) is 16.9. The Balaban J connectivity index is 1.64. The number of likely N-dealkylation sites (tertiary alicyclic amines) is 1. The van der Waals surface area contributed by atoms with Gasteiger partial charge in [0.1, 0.15) is 0 Å². The summed E-state index contributed by atoms with van der Waals surface area (Å²) in [4.78, 5) is 5.01. The predicted octanol–water partition coefficient (Wildman–Crippen LogP) is 6.01. The lowest BCUT2D eigenvalue weighted by Gasteiger charge is -2.29. The summed E-state index contributed by atoms with van der Waals surface area (Å²) in [6.45, 7) is 6.94. The van der Waals surface area contributed by atoms with Gasteiger partial charge in [-0.1, -0.05) is 44.2 Å². The highest BCUT2D eigenvalue weighted by Crippen LogP contribution is 2.38. The van der Waals surface area contributed by atoms with Crippen LogP contribution in [0.1, 0.15) is 38.2 Å². The minimum atomic E-state index is 0.504. The molecule has 2 heterocycles. The van der Waals surface area contributed by atoms with E-state index in [4.69, 9.17) is 0 Å². The molecule has 0 unspecified atom stereocenters. The van der Waals surface area contributed by atoms with Crippen LogP contribution in [-0.2, 0) is 0 Å². The molecule has 1 fully saturated rings. The molecule has 2 aromatic carbocycles. The van der Waals surface area contributed by atoms with Crippen LogP contribution in [0.15, 0.2) is 64.5 Å². The molecule has 5 heteroatoms. The Morgan fingerprint density at radius 2 is 1.75 bits per heavy atom. The van der Waals surface area contributed by atoms with Gasteiger partial charge in [0.05, 0.1) is 5.52 Å². The maximum atomic E-state index is 3.76. The van der Waals surface area contributed by atoms with Crippen molar-refractivity contribution in [1.82, 2.24) is 13.6 Å². The maximum Gasteiger partial charge on any atom is 0.0609 e. The van der Waals surface area contributed by atoms with Crippen LogP contribution in [0.4, 0.5) is 0 Å². The van der Waals surface area contributed by atoms with Crippen LogP contribution >= 0.6 is 23.9 Å².